The summed E-state index contributed by atoms with van der Waals surface area (Å²) in [6.45, 7) is 0. The first-order valence-corrected chi connectivity index (χ1v) is 4.44. The maximum Gasteiger partial charge on any atom is 0.102 e. The monoisotopic (exact) mass is 192 g/mol. The normalized spacial score (nSPS) is 13.0. The van der Waals surface area contributed by atoms with Gasteiger partial charge < -0.3 is 9.52 Å². The highest BCUT2D eigenvalue weighted by Gasteiger charge is 2.11. The quantitative estimate of drug-likeness (QED) is 0.797. The first-order chi connectivity index (χ1) is 6.75. The van der Waals surface area contributed by atoms with Crippen LogP contribution in [0.1, 0.15) is 17.4 Å². The van der Waals surface area contributed by atoms with Crippen molar-refractivity contribution in [2.75, 3.05) is 0 Å². The lowest BCUT2D eigenvalue weighted by Gasteiger charge is -2.04. The zero-order valence-electron chi connectivity index (χ0n) is 7.92. The van der Waals surface area contributed by atoms with E-state index in [2.05, 4.69) is 5.10 Å². The number of aliphatic hydroxyl groups is 1. The Morgan fingerprint density at radius 3 is 3.00 bits per heavy atom. The van der Waals surface area contributed by atoms with Crippen LogP contribution in [0.4, 0.5) is 0 Å². The molecule has 0 aromatic carbocycles. The van der Waals surface area contributed by atoms with Crippen LogP contribution in [0.3, 0.4) is 0 Å². The Morgan fingerprint density at radius 2 is 2.43 bits per heavy atom. The molecule has 0 aliphatic carbocycles. The molecule has 0 fully saturated rings. The zero-order valence-corrected chi connectivity index (χ0v) is 7.92. The highest BCUT2D eigenvalue weighted by Crippen LogP contribution is 2.16. The van der Waals surface area contributed by atoms with Crippen LogP contribution in [0.25, 0.3) is 0 Å². The van der Waals surface area contributed by atoms with Gasteiger partial charge in [-0.3, -0.25) is 4.68 Å². The number of aromatic nitrogens is 2. The minimum absolute atomic E-state index is 0.535. The SMILES string of the molecule is Cn1ccc(C(O)Cc2ccoc2)n1. The molecule has 2 rings (SSSR count). The van der Waals surface area contributed by atoms with Gasteiger partial charge in [0.2, 0.25) is 0 Å². The van der Waals surface area contributed by atoms with Crippen LogP contribution >= 0.6 is 0 Å². The second-order valence-corrected chi connectivity index (χ2v) is 3.27. The Bertz CT molecular complexity index is 392. The molecule has 14 heavy (non-hydrogen) atoms. The second-order valence-electron chi connectivity index (χ2n) is 3.27. The van der Waals surface area contributed by atoms with E-state index in [-0.39, 0.29) is 0 Å². The largest absolute Gasteiger partial charge is 0.472 e. The average Bonchev–Trinajstić information content (AvgIpc) is 2.75. The van der Waals surface area contributed by atoms with Crippen LogP contribution in [-0.2, 0) is 13.5 Å². The minimum Gasteiger partial charge on any atom is -0.472 e. The van der Waals surface area contributed by atoms with E-state index in [0.717, 1.165) is 5.56 Å². The fourth-order valence-corrected chi connectivity index (χ4v) is 1.35. The van der Waals surface area contributed by atoms with E-state index in [4.69, 9.17) is 4.42 Å². The molecule has 2 aromatic rings. The third-order valence-electron chi connectivity index (χ3n) is 2.08. The van der Waals surface area contributed by atoms with E-state index >= 15 is 0 Å². The van der Waals surface area contributed by atoms with Gasteiger partial charge in [-0.25, -0.2) is 0 Å². The number of hydrogen-bond donors (Lipinski definition) is 1. The van der Waals surface area contributed by atoms with Crippen LogP contribution in [-0.4, -0.2) is 14.9 Å². The number of furan rings is 1. The van der Waals surface area contributed by atoms with Crippen molar-refractivity contribution >= 4 is 0 Å². The van der Waals surface area contributed by atoms with Crippen molar-refractivity contribution in [1.82, 2.24) is 9.78 Å². The Morgan fingerprint density at radius 1 is 1.57 bits per heavy atom. The van der Waals surface area contributed by atoms with Crippen LogP contribution < -0.4 is 0 Å². The molecule has 0 spiro atoms. The summed E-state index contributed by atoms with van der Waals surface area (Å²) >= 11 is 0. The summed E-state index contributed by atoms with van der Waals surface area (Å²) in [6, 6.07) is 3.65. The molecule has 0 aliphatic rings. The summed E-state index contributed by atoms with van der Waals surface area (Å²) in [4.78, 5) is 0. The van der Waals surface area contributed by atoms with E-state index in [1.807, 2.05) is 25.4 Å². The van der Waals surface area contributed by atoms with Gasteiger partial charge in [-0.1, -0.05) is 0 Å². The van der Waals surface area contributed by atoms with Gasteiger partial charge in [0.05, 0.1) is 18.2 Å². The summed E-state index contributed by atoms with van der Waals surface area (Å²) in [6.07, 6.45) is 5.02. The predicted octanol–water partition coefficient (Wildman–Crippen LogP) is 1.29. The van der Waals surface area contributed by atoms with Crippen molar-refractivity contribution in [3.8, 4) is 0 Å². The lowest BCUT2D eigenvalue weighted by molar-refractivity contribution is 0.172. The van der Waals surface area contributed by atoms with Gasteiger partial charge in [-0.05, 0) is 17.7 Å². The number of rotatable bonds is 3. The summed E-state index contributed by atoms with van der Waals surface area (Å²) < 4.78 is 6.59. The van der Waals surface area contributed by atoms with Gasteiger partial charge in [0, 0.05) is 19.7 Å². The minimum atomic E-state index is -0.561. The molecule has 2 heterocycles. The van der Waals surface area contributed by atoms with Crippen LogP contribution in [0.15, 0.2) is 35.3 Å². The summed E-state index contributed by atoms with van der Waals surface area (Å²) in [5, 5.41) is 13.9. The number of aliphatic hydroxyl groups excluding tert-OH is 1. The third kappa shape index (κ3) is 1.85. The van der Waals surface area contributed by atoms with Crippen LogP contribution in [0.5, 0.6) is 0 Å². The molecule has 0 aliphatic heterocycles. The lowest BCUT2D eigenvalue weighted by atomic mass is 10.1. The predicted molar refractivity (Wildman–Crippen MR) is 50.6 cm³/mol. The van der Waals surface area contributed by atoms with Crippen molar-refractivity contribution in [2.24, 2.45) is 7.05 Å². The summed E-state index contributed by atoms with van der Waals surface area (Å²) in [5.74, 6) is 0. The molecule has 1 unspecified atom stereocenters. The Kier molecular flexibility index (Phi) is 2.37. The standard InChI is InChI=1S/C10H12N2O2/c1-12-4-2-9(11-12)10(13)6-8-3-5-14-7-8/h2-5,7,10,13H,6H2,1H3. The molecule has 0 bridgehead atoms. The molecule has 0 saturated heterocycles. The Labute approximate surface area is 81.8 Å². The Hall–Kier alpha value is -1.55. The molecule has 2 aromatic heterocycles. The van der Waals surface area contributed by atoms with Crippen molar-refractivity contribution in [2.45, 2.75) is 12.5 Å². The summed E-state index contributed by atoms with van der Waals surface area (Å²) in [5.41, 5.74) is 1.66. The molecule has 1 N–H and O–H groups in total. The highest BCUT2D eigenvalue weighted by molar-refractivity contribution is 5.11. The van der Waals surface area contributed by atoms with Gasteiger partial charge in [0.1, 0.15) is 6.10 Å². The van der Waals surface area contributed by atoms with Crippen LogP contribution in [0.2, 0.25) is 0 Å². The van der Waals surface area contributed by atoms with E-state index in [1.54, 1.807) is 17.2 Å². The first kappa shape index (κ1) is 9.02. The van der Waals surface area contributed by atoms with Crippen molar-refractivity contribution < 1.29 is 9.52 Å². The van der Waals surface area contributed by atoms with Gasteiger partial charge >= 0.3 is 0 Å². The average molecular weight is 192 g/mol. The second kappa shape index (κ2) is 3.67. The van der Waals surface area contributed by atoms with Crippen molar-refractivity contribution in [3.05, 3.63) is 42.1 Å². The first-order valence-electron chi connectivity index (χ1n) is 4.44. The van der Waals surface area contributed by atoms with Gasteiger partial charge in [-0.2, -0.15) is 5.10 Å². The van der Waals surface area contributed by atoms with E-state index < -0.39 is 6.10 Å². The molecular formula is C10H12N2O2. The maximum absolute atomic E-state index is 9.79. The number of aryl methyl sites for hydroxylation is 1. The fourth-order valence-electron chi connectivity index (χ4n) is 1.35. The van der Waals surface area contributed by atoms with Crippen molar-refractivity contribution in [3.63, 3.8) is 0 Å². The maximum atomic E-state index is 9.79. The summed E-state index contributed by atoms with van der Waals surface area (Å²) in [7, 11) is 1.83. The smallest absolute Gasteiger partial charge is 0.102 e. The molecule has 0 saturated carbocycles. The van der Waals surface area contributed by atoms with Gasteiger partial charge in [0.25, 0.3) is 0 Å². The molecule has 74 valence electrons. The third-order valence-corrected chi connectivity index (χ3v) is 2.08. The van der Waals surface area contributed by atoms with E-state index in [1.165, 1.54) is 0 Å². The molecule has 0 amide bonds. The molecule has 1 atom stereocenters. The topological polar surface area (TPSA) is 51.2 Å². The Balaban J connectivity index is 2.06. The van der Waals surface area contributed by atoms with Gasteiger partial charge in [-0.15, -0.1) is 0 Å². The van der Waals surface area contributed by atoms with Crippen molar-refractivity contribution in [1.29, 1.82) is 0 Å². The molecule has 4 nitrogen and oxygen atoms in total. The van der Waals surface area contributed by atoms with Gasteiger partial charge in [0.15, 0.2) is 0 Å². The molecule has 0 radical (unpaired) electrons. The number of hydrogen-bond acceptors (Lipinski definition) is 3. The lowest BCUT2D eigenvalue weighted by Crippen LogP contribution is -2.02. The van der Waals surface area contributed by atoms with E-state index in [0.29, 0.717) is 12.1 Å². The number of nitrogens with zero attached hydrogens (tertiary/aromatic N) is 2. The van der Waals surface area contributed by atoms with Crippen LogP contribution in [0, 0.1) is 0 Å². The molecule has 4 heteroatoms. The van der Waals surface area contributed by atoms with E-state index in [9.17, 15) is 5.11 Å². The fraction of sp³-hybridized carbons (Fsp3) is 0.300. The highest BCUT2D eigenvalue weighted by atomic mass is 16.3. The zero-order chi connectivity index (χ0) is 9.97. The molecular weight excluding hydrogens is 180 g/mol.